The summed E-state index contributed by atoms with van der Waals surface area (Å²) in [6, 6.07) is 7.44. The van der Waals surface area contributed by atoms with E-state index in [9.17, 15) is 18.8 Å². The number of piperazine rings is 1. The van der Waals surface area contributed by atoms with E-state index in [1.165, 1.54) is 36.9 Å². The number of amides is 2. The molecule has 1 N–H and O–H groups in total. The maximum atomic E-state index is 13.0. The first kappa shape index (κ1) is 20.1. The molecule has 0 atom stereocenters. The van der Waals surface area contributed by atoms with E-state index in [2.05, 4.69) is 9.97 Å². The fraction of sp³-hybridized carbons (Fsp3) is 0.368. The number of H-pyrrole nitrogens is 1. The summed E-state index contributed by atoms with van der Waals surface area (Å²) in [4.78, 5) is 46.2. The van der Waals surface area contributed by atoms with Gasteiger partial charge < -0.3 is 14.8 Å². The van der Waals surface area contributed by atoms with E-state index < -0.39 is 0 Å². The molecule has 7 nitrogen and oxygen atoms in total. The van der Waals surface area contributed by atoms with E-state index in [1.807, 2.05) is 0 Å². The summed E-state index contributed by atoms with van der Waals surface area (Å²) in [6.45, 7) is 3.51. The molecule has 0 aliphatic carbocycles. The van der Waals surface area contributed by atoms with Crippen LogP contribution in [0.4, 0.5) is 4.39 Å². The second-order valence-corrected chi connectivity index (χ2v) is 7.48. The van der Waals surface area contributed by atoms with Gasteiger partial charge in [-0.25, -0.2) is 9.37 Å². The van der Waals surface area contributed by atoms with Crippen molar-refractivity contribution in [3.8, 4) is 0 Å². The molecule has 1 fully saturated rings. The lowest BCUT2D eigenvalue weighted by Gasteiger charge is -2.34. The number of aromatic amines is 1. The van der Waals surface area contributed by atoms with Gasteiger partial charge in [-0.05, 0) is 17.7 Å². The van der Waals surface area contributed by atoms with Crippen LogP contribution in [-0.4, -0.2) is 57.8 Å². The zero-order chi connectivity index (χ0) is 20.1. The van der Waals surface area contributed by atoms with Gasteiger partial charge in [0.2, 0.25) is 11.8 Å². The number of hydrogen-bond donors (Lipinski definition) is 1. The first-order chi connectivity index (χ1) is 13.4. The van der Waals surface area contributed by atoms with Crippen molar-refractivity contribution < 1.29 is 14.0 Å². The van der Waals surface area contributed by atoms with Gasteiger partial charge in [-0.1, -0.05) is 23.9 Å². The third kappa shape index (κ3) is 5.41. The van der Waals surface area contributed by atoms with Crippen LogP contribution in [0, 0.1) is 5.82 Å². The van der Waals surface area contributed by atoms with E-state index in [-0.39, 0.29) is 29.6 Å². The number of thioether (sulfide) groups is 1. The number of aromatic nitrogens is 2. The van der Waals surface area contributed by atoms with Crippen molar-refractivity contribution in [1.29, 1.82) is 0 Å². The van der Waals surface area contributed by atoms with E-state index in [1.54, 1.807) is 21.9 Å². The molecule has 1 aromatic carbocycles. The maximum absolute atomic E-state index is 13.0. The summed E-state index contributed by atoms with van der Waals surface area (Å²) >= 11 is 1.32. The predicted molar refractivity (Wildman–Crippen MR) is 103 cm³/mol. The van der Waals surface area contributed by atoms with Gasteiger partial charge in [-0.15, -0.1) is 0 Å². The third-order valence-electron chi connectivity index (χ3n) is 4.47. The molecule has 0 radical (unpaired) electrons. The summed E-state index contributed by atoms with van der Waals surface area (Å²) in [5, 5.41) is 0.418. The molecule has 9 heteroatoms. The molecule has 28 heavy (non-hydrogen) atoms. The van der Waals surface area contributed by atoms with Crippen molar-refractivity contribution >= 4 is 23.6 Å². The molecule has 1 saturated heterocycles. The second-order valence-electron chi connectivity index (χ2n) is 6.52. The van der Waals surface area contributed by atoms with Gasteiger partial charge in [-0.2, -0.15) is 0 Å². The summed E-state index contributed by atoms with van der Waals surface area (Å²) in [5.41, 5.74) is 0.990. The number of nitrogens with one attached hydrogen (secondary N) is 1. The molecule has 2 amide bonds. The van der Waals surface area contributed by atoms with Gasteiger partial charge in [0.1, 0.15) is 5.82 Å². The minimum Gasteiger partial charge on any atom is -0.339 e. The zero-order valence-electron chi connectivity index (χ0n) is 15.5. The lowest BCUT2D eigenvalue weighted by Crippen LogP contribution is -2.50. The number of nitrogens with zero attached hydrogens (tertiary/aromatic N) is 3. The van der Waals surface area contributed by atoms with Crippen LogP contribution in [0.15, 0.2) is 40.3 Å². The topological polar surface area (TPSA) is 86.4 Å². The molecule has 3 rings (SSSR count). The Hall–Kier alpha value is -2.68. The molecule has 1 aromatic heterocycles. The monoisotopic (exact) mass is 404 g/mol. The Morgan fingerprint density at radius 2 is 1.79 bits per heavy atom. The average Bonchev–Trinajstić information content (AvgIpc) is 2.67. The molecule has 2 aromatic rings. The number of carbonyl (C=O) groups is 2. The van der Waals surface area contributed by atoms with Crippen LogP contribution in [0.1, 0.15) is 18.2 Å². The smallest absolute Gasteiger partial charge is 0.251 e. The Kier molecular flexibility index (Phi) is 6.45. The molecule has 148 valence electrons. The fourth-order valence-electron chi connectivity index (χ4n) is 2.91. The summed E-state index contributed by atoms with van der Waals surface area (Å²) < 4.78 is 13.0. The molecule has 0 bridgehead atoms. The van der Waals surface area contributed by atoms with E-state index >= 15 is 0 Å². The third-order valence-corrected chi connectivity index (χ3v) is 5.42. The highest BCUT2D eigenvalue weighted by Gasteiger charge is 2.22. The van der Waals surface area contributed by atoms with Crippen LogP contribution in [0.3, 0.4) is 0 Å². The van der Waals surface area contributed by atoms with Crippen molar-refractivity contribution in [2.45, 2.75) is 24.3 Å². The van der Waals surface area contributed by atoms with Crippen LogP contribution in [0.25, 0.3) is 0 Å². The summed E-state index contributed by atoms with van der Waals surface area (Å²) in [5.74, 6) is 0.111. The van der Waals surface area contributed by atoms with Crippen molar-refractivity contribution in [2.24, 2.45) is 0 Å². The fourth-order valence-corrected chi connectivity index (χ4v) is 3.76. The van der Waals surface area contributed by atoms with Gasteiger partial charge >= 0.3 is 0 Å². The van der Waals surface area contributed by atoms with Crippen molar-refractivity contribution in [1.82, 2.24) is 19.8 Å². The lowest BCUT2D eigenvalue weighted by atomic mass is 10.2. The SMILES string of the molecule is CC(=O)N1CCN(C(=O)Cc2cc(=O)[nH]c(SCc3ccc(F)cc3)n2)CC1. The Morgan fingerprint density at radius 1 is 1.14 bits per heavy atom. The van der Waals surface area contributed by atoms with Crippen LogP contribution in [0.2, 0.25) is 0 Å². The van der Waals surface area contributed by atoms with Gasteiger partial charge in [0.05, 0.1) is 12.1 Å². The highest BCUT2D eigenvalue weighted by atomic mass is 32.2. The molecule has 0 spiro atoms. The van der Waals surface area contributed by atoms with E-state index in [0.717, 1.165) is 5.56 Å². The molecular weight excluding hydrogens is 383 g/mol. The number of rotatable bonds is 5. The van der Waals surface area contributed by atoms with Gasteiger partial charge in [0.15, 0.2) is 5.16 Å². The van der Waals surface area contributed by atoms with Crippen molar-refractivity contribution in [3.05, 3.63) is 57.8 Å². The standard InChI is InChI=1S/C19H21FN4O3S/c1-13(25)23-6-8-24(9-7-23)18(27)11-16-10-17(26)22-19(21-16)28-12-14-2-4-15(20)5-3-14/h2-5,10H,6-9,11-12H2,1H3,(H,21,22,26). The Balaban J connectivity index is 1.60. The number of halogens is 1. The zero-order valence-corrected chi connectivity index (χ0v) is 16.3. The Bertz CT molecular complexity index is 908. The number of hydrogen-bond acceptors (Lipinski definition) is 5. The van der Waals surface area contributed by atoms with Gasteiger partial charge in [-0.3, -0.25) is 14.4 Å². The van der Waals surface area contributed by atoms with Crippen molar-refractivity contribution in [3.63, 3.8) is 0 Å². The second kappa shape index (κ2) is 9.01. The summed E-state index contributed by atoms with van der Waals surface area (Å²) in [6.07, 6.45) is 0.0358. The Morgan fingerprint density at radius 3 is 2.43 bits per heavy atom. The average molecular weight is 404 g/mol. The summed E-state index contributed by atoms with van der Waals surface area (Å²) in [7, 11) is 0. The highest BCUT2D eigenvalue weighted by molar-refractivity contribution is 7.98. The van der Waals surface area contributed by atoms with Gasteiger partial charge in [0.25, 0.3) is 5.56 Å². The highest BCUT2D eigenvalue weighted by Crippen LogP contribution is 2.19. The normalized spacial score (nSPS) is 14.2. The number of carbonyl (C=O) groups excluding carboxylic acids is 2. The largest absolute Gasteiger partial charge is 0.339 e. The minimum absolute atomic E-state index is 0.00572. The molecule has 1 aliphatic heterocycles. The van der Waals surface area contributed by atoms with Crippen LogP contribution in [-0.2, 0) is 21.8 Å². The van der Waals surface area contributed by atoms with E-state index in [4.69, 9.17) is 0 Å². The van der Waals surface area contributed by atoms with Crippen LogP contribution >= 0.6 is 11.8 Å². The van der Waals surface area contributed by atoms with Crippen LogP contribution < -0.4 is 5.56 Å². The quantitative estimate of drug-likeness (QED) is 0.602. The first-order valence-electron chi connectivity index (χ1n) is 8.91. The van der Waals surface area contributed by atoms with Crippen LogP contribution in [0.5, 0.6) is 0 Å². The van der Waals surface area contributed by atoms with Gasteiger partial charge in [0, 0.05) is 44.9 Å². The maximum Gasteiger partial charge on any atom is 0.251 e. The molecule has 0 unspecified atom stereocenters. The molecule has 2 heterocycles. The molecular formula is C19H21FN4O3S. The molecule has 0 saturated carbocycles. The lowest BCUT2D eigenvalue weighted by molar-refractivity contribution is -0.138. The predicted octanol–water partition coefficient (Wildman–Crippen LogP) is 1.43. The Labute approximate surface area is 165 Å². The van der Waals surface area contributed by atoms with Crippen molar-refractivity contribution in [2.75, 3.05) is 26.2 Å². The number of benzene rings is 1. The molecule has 1 aliphatic rings. The minimum atomic E-state index is -0.319. The first-order valence-corrected chi connectivity index (χ1v) is 9.90. The van der Waals surface area contributed by atoms with E-state index in [0.29, 0.717) is 42.8 Å².